The van der Waals surface area contributed by atoms with Crippen LogP contribution >= 0.6 is 0 Å². The normalized spacial score (nSPS) is 11.3. The first-order valence-corrected chi connectivity index (χ1v) is 8.17. The highest BCUT2D eigenvalue weighted by Gasteiger charge is 2.21. The molecule has 0 heterocycles. The Labute approximate surface area is 132 Å². The van der Waals surface area contributed by atoms with E-state index in [1.165, 1.54) is 19.1 Å². The maximum atomic E-state index is 13.6. The second-order valence-corrected chi connectivity index (χ2v) is 6.47. The summed E-state index contributed by atoms with van der Waals surface area (Å²) in [6, 6.07) is 8.18. The molecule has 0 saturated heterocycles. The SMILES string of the molecule is CC(=O)CCc1ccc(OS(=O)(=O)c2ccc(F)cc2F)cc1. The fourth-order valence-corrected chi connectivity index (χ4v) is 2.87. The van der Waals surface area contributed by atoms with Crippen LogP contribution in [-0.4, -0.2) is 14.2 Å². The Hall–Kier alpha value is -2.28. The molecule has 0 fully saturated rings. The van der Waals surface area contributed by atoms with E-state index in [9.17, 15) is 22.0 Å². The minimum Gasteiger partial charge on any atom is -0.379 e. The van der Waals surface area contributed by atoms with Crippen molar-refractivity contribution in [3.63, 3.8) is 0 Å². The quantitative estimate of drug-likeness (QED) is 0.758. The van der Waals surface area contributed by atoms with Crippen molar-refractivity contribution in [1.82, 2.24) is 0 Å². The Morgan fingerprint density at radius 3 is 2.30 bits per heavy atom. The molecule has 122 valence electrons. The number of hydrogen-bond donors (Lipinski definition) is 0. The Kier molecular flexibility index (Phi) is 5.10. The number of Topliss-reactive ketones (excluding diaryl/α,β-unsaturated/α-hetero) is 1. The molecule has 0 aliphatic carbocycles. The molecule has 0 amide bonds. The van der Waals surface area contributed by atoms with Crippen LogP contribution in [0.5, 0.6) is 5.75 Å². The van der Waals surface area contributed by atoms with Crippen LogP contribution in [0.3, 0.4) is 0 Å². The second-order valence-electron chi connectivity index (χ2n) is 4.96. The van der Waals surface area contributed by atoms with E-state index >= 15 is 0 Å². The zero-order valence-corrected chi connectivity index (χ0v) is 13.1. The van der Waals surface area contributed by atoms with E-state index in [1.807, 2.05) is 0 Å². The number of halogens is 2. The molecule has 0 saturated carbocycles. The molecule has 0 aliphatic heterocycles. The molecule has 0 aliphatic rings. The molecular weight excluding hydrogens is 326 g/mol. The Balaban J connectivity index is 2.15. The van der Waals surface area contributed by atoms with Gasteiger partial charge < -0.3 is 8.98 Å². The smallest absolute Gasteiger partial charge is 0.342 e. The zero-order valence-electron chi connectivity index (χ0n) is 12.3. The minimum atomic E-state index is -4.40. The van der Waals surface area contributed by atoms with Gasteiger partial charge in [0.1, 0.15) is 28.1 Å². The zero-order chi connectivity index (χ0) is 17.0. The predicted octanol–water partition coefficient (Wildman–Crippen LogP) is 3.25. The van der Waals surface area contributed by atoms with Crippen LogP contribution in [0.1, 0.15) is 18.9 Å². The molecule has 0 unspecified atom stereocenters. The van der Waals surface area contributed by atoms with Crippen molar-refractivity contribution in [2.24, 2.45) is 0 Å². The third-order valence-electron chi connectivity index (χ3n) is 3.06. The number of carbonyl (C=O) groups is 1. The minimum absolute atomic E-state index is 0.000278. The Morgan fingerprint density at radius 2 is 1.74 bits per heavy atom. The molecule has 4 nitrogen and oxygen atoms in total. The standard InChI is InChI=1S/C16H14F2O4S/c1-11(19)2-3-12-4-7-14(8-5-12)22-23(20,21)16-9-6-13(17)10-15(16)18/h4-10H,2-3H2,1H3. The summed E-state index contributed by atoms with van der Waals surface area (Å²) in [4.78, 5) is 10.2. The van der Waals surface area contributed by atoms with Gasteiger partial charge in [0, 0.05) is 12.5 Å². The number of ketones is 1. The van der Waals surface area contributed by atoms with E-state index in [0.717, 1.165) is 17.7 Å². The number of carbonyl (C=O) groups excluding carboxylic acids is 1. The maximum absolute atomic E-state index is 13.6. The Bertz CT molecular complexity index is 814. The molecule has 7 heteroatoms. The van der Waals surface area contributed by atoms with Crippen molar-refractivity contribution >= 4 is 15.9 Å². The van der Waals surface area contributed by atoms with Crippen LogP contribution in [0.15, 0.2) is 47.4 Å². The number of hydrogen-bond acceptors (Lipinski definition) is 4. The summed E-state index contributed by atoms with van der Waals surface area (Å²) in [5, 5.41) is 0. The third-order valence-corrected chi connectivity index (χ3v) is 4.34. The van der Waals surface area contributed by atoms with Crippen LogP contribution in [0.4, 0.5) is 8.78 Å². The van der Waals surface area contributed by atoms with Gasteiger partial charge in [-0.3, -0.25) is 0 Å². The van der Waals surface area contributed by atoms with Crippen molar-refractivity contribution in [3.05, 3.63) is 59.7 Å². The van der Waals surface area contributed by atoms with Gasteiger partial charge >= 0.3 is 10.1 Å². The Morgan fingerprint density at radius 1 is 1.09 bits per heavy atom. The van der Waals surface area contributed by atoms with Gasteiger partial charge in [-0.2, -0.15) is 8.42 Å². The highest BCUT2D eigenvalue weighted by Crippen LogP contribution is 2.22. The summed E-state index contributed by atoms with van der Waals surface area (Å²) in [5.74, 6) is -2.04. The summed E-state index contributed by atoms with van der Waals surface area (Å²) in [6.07, 6.45) is 0.925. The molecule has 2 aromatic rings. The lowest BCUT2D eigenvalue weighted by Crippen LogP contribution is -2.12. The summed E-state index contributed by atoms with van der Waals surface area (Å²) < 4.78 is 55.2. The highest BCUT2D eigenvalue weighted by molar-refractivity contribution is 7.87. The lowest BCUT2D eigenvalue weighted by molar-refractivity contribution is -0.116. The van der Waals surface area contributed by atoms with Gasteiger partial charge in [0.05, 0.1) is 0 Å². The molecule has 0 bridgehead atoms. The number of rotatable bonds is 6. The van der Waals surface area contributed by atoms with Crippen molar-refractivity contribution in [1.29, 1.82) is 0 Å². The first-order chi connectivity index (χ1) is 10.8. The van der Waals surface area contributed by atoms with E-state index < -0.39 is 26.6 Å². The van der Waals surface area contributed by atoms with Gasteiger partial charge in [-0.15, -0.1) is 0 Å². The average molecular weight is 340 g/mol. The van der Waals surface area contributed by atoms with Crippen LogP contribution in [-0.2, 0) is 21.3 Å². The summed E-state index contributed by atoms with van der Waals surface area (Å²) in [6.45, 7) is 1.49. The van der Waals surface area contributed by atoms with Crippen LogP contribution in [0.25, 0.3) is 0 Å². The van der Waals surface area contributed by atoms with Gasteiger partial charge in [-0.25, -0.2) is 8.78 Å². The van der Waals surface area contributed by atoms with Gasteiger partial charge in [0.2, 0.25) is 0 Å². The molecule has 23 heavy (non-hydrogen) atoms. The molecule has 2 rings (SSSR count). The lowest BCUT2D eigenvalue weighted by atomic mass is 10.1. The van der Waals surface area contributed by atoms with Gasteiger partial charge in [0.25, 0.3) is 0 Å². The monoisotopic (exact) mass is 340 g/mol. The van der Waals surface area contributed by atoms with Gasteiger partial charge in [-0.05, 0) is 43.2 Å². The van der Waals surface area contributed by atoms with Crippen LogP contribution in [0.2, 0.25) is 0 Å². The van der Waals surface area contributed by atoms with E-state index in [2.05, 4.69) is 0 Å². The average Bonchev–Trinajstić information content (AvgIpc) is 2.45. The highest BCUT2D eigenvalue weighted by atomic mass is 32.2. The van der Waals surface area contributed by atoms with Crippen molar-refractivity contribution in [2.75, 3.05) is 0 Å². The van der Waals surface area contributed by atoms with Crippen molar-refractivity contribution in [2.45, 2.75) is 24.7 Å². The molecule has 0 radical (unpaired) electrons. The van der Waals surface area contributed by atoms with E-state index in [0.29, 0.717) is 18.9 Å². The fourth-order valence-electron chi connectivity index (χ4n) is 1.88. The lowest BCUT2D eigenvalue weighted by Gasteiger charge is -2.08. The van der Waals surface area contributed by atoms with E-state index in [4.69, 9.17) is 4.18 Å². The second kappa shape index (κ2) is 6.87. The third kappa shape index (κ3) is 4.59. The topological polar surface area (TPSA) is 60.4 Å². The summed E-state index contributed by atoms with van der Waals surface area (Å²) in [7, 11) is -4.40. The van der Waals surface area contributed by atoms with Crippen molar-refractivity contribution < 1.29 is 26.2 Å². The van der Waals surface area contributed by atoms with Crippen LogP contribution < -0.4 is 4.18 Å². The maximum Gasteiger partial charge on any atom is 0.342 e. The summed E-state index contributed by atoms with van der Waals surface area (Å²) in [5.41, 5.74) is 0.845. The molecule has 0 spiro atoms. The number of benzene rings is 2. The molecule has 0 atom stereocenters. The predicted molar refractivity (Wildman–Crippen MR) is 79.6 cm³/mol. The van der Waals surface area contributed by atoms with Gasteiger partial charge in [0.15, 0.2) is 0 Å². The molecule has 0 aromatic heterocycles. The van der Waals surface area contributed by atoms with E-state index in [-0.39, 0.29) is 11.5 Å². The fraction of sp³-hybridized carbons (Fsp3) is 0.188. The molecule has 2 aromatic carbocycles. The molecular formula is C16H14F2O4S. The van der Waals surface area contributed by atoms with Gasteiger partial charge in [-0.1, -0.05) is 12.1 Å². The van der Waals surface area contributed by atoms with E-state index in [1.54, 1.807) is 12.1 Å². The largest absolute Gasteiger partial charge is 0.379 e. The summed E-state index contributed by atoms with van der Waals surface area (Å²) >= 11 is 0. The first-order valence-electron chi connectivity index (χ1n) is 6.76. The van der Waals surface area contributed by atoms with Crippen LogP contribution in [0, 0.1) is 11.6 Å². The first kappa shape index (κ1) is 17.1. The molecule has 0 N–H and O–H groups in total. The van der Waals surface area contributed by atoms with Crippen molar-refractivity contribution in [3.8, 4) is 5.75 Å². The number of aryl methyl sites for hydroxylation is 1.